The highest BCUT2D eigenvalue weighted by atomic mass is 16.2. The third-order valence-electron chi connectivity index (χ3n) is 3.75. The molecule has 0 spiro atoms. The third kappa shape index (κ3) is 3.01. The average molecular weight is 296 g/mol. The lowest BCUT2D eigenvalue weighted by Gasteiger charge is -2.09. The van der Waals surface area contributed by atoms with Gasteiger partial charge >= 0.3 is 0 Å². The molecule has 114 valence electrons. The van der Waals surface area contributed by atoms with Crippen LogP contribution in [0.15, 0.2) is 36.4 Å². The zero-order valence-corrected chi connectivity index (χ0v) is 12.8. The standard InChI is InChI=1S/C18H20N2O2/c1-3-11-5-7-15(19)13(9-11)17(21)18(22)14-10-12(4-2)6-8-16(14)20/h5-10H,3-4,19-20H2,1-2H3. The number of carbonyl (C=O) groups excluding carboxylic acids is 2. The number of ketones is 2. The molecular weight excluding hydrogens is 276 g/mol. The van der Waals surface area contributed by atoms with E-state index in [0.717, 1.165) is 24.0 Å². The van der Waals surface area contributed by atoms with Gasteiger partial charge in [0.05, 0.1) is 0 Å². The Morgan fingerprint density at radius 2 is 1.14 bits per heavy atom. The first-order chi connectivity index (χ1) is 10.5. The first kappa shape index (κ1) is 15.8. The highest BCUT2D eigenvalue weighted by Gasteiger charge is 2.22. The van der Waals surface area contributed by atoms with E-state index in [9.17, 15) is 9.59 Å². The van der Waals surface area contributed by atoms with Crippen molar-refractivity contribution in [1.82, 2.24) is 0 Å². The number of benzene rings is 2. The topological polar surface area (TPSA) is 86.2 Å². The predicted molar refractivity (Wildman–Crippen MR) is 89.1 cm³/mol. The predicted octanol–water partition coefficient (Wildman–Crippen LogP) is 3.04. The van der Waals surface area contributed by atoms with Gasteiger partial charge in [-0.1, -0.05) is 26.0 Å². The minimum Gasteiger partial charge on any atom is -0.398 e. The summed E-state index contributed by atoms with van der Waals surface area (Å²) in [5.74, 6) is -1.24. The van der Waals surface area contributed by atoms with Gasteiger partial charge in [0.1, 0.15) is 0 Å². The maximum Gasteiger partial charge on any atom is 0.235 e. The Labute approximate surface area is 130 Å². The summed E-state index contributed by atoms with van der Waals surface area (Å²) in [7, 11) is 0. The van der Waals surface area contributed by atoms with Gasteiger partial charge in [0.25, 0.3) is 0 Å². The molecule has 0 aliphatic rings. The van der Waals surface area contributed by atoms with Crippen LogP contribution in [-0.4, -0.2) is 11.6 Å². The van der Waals surface area contributed by atoms with Gasteiger partial charge in [-0.05, 0) is 48.2 Å². The van der Waals surface area contributed by atoms with Crippen molar-refractivity contribution in [3.8, 4) is 0 Å². The molecule has 0 aromatic heterocycles. The second-order valence-corrected chi connectivity index (χ2v) is 5.21. The Bertz CT molecular complexity index is 672. The summed E-state index contributed by atoms with van der Waals surface area (Å²) in [4.78, 5) is 25.0. The first-order valence-electron chi connectivity index (χ1n) is 7.33. The van der Waals surface area contributed by atoms with E-state index in [1.165, 1.54) is 0 Å². The van der Waals surface area contributed by atoms with Crippen molar-refractivity contribution < 1.29 is 9.59 Å². The second-order valence-electron chi connectivity index (χ2n) is 5.21. The van der Waals surface area contributed by atoms with Crippen molar-refractivity contribution in [2.24, 2.45) is 0 Å². The lowest BCUT2D eigenvalue weighted by molar-refractivity contribution is 0.0818. The molecule has 0 bridgehead atoms. The van der Waals surface area contributed by atoms with E-state index in [2.05, 4.69) is 0 Å². The van der Waals surface area contributed by atoms with E-state index in [0.29, 0.717) is 11.4 Å². The molecular formula is C18H20N2O2. The highest BCUT2D eigenvalue weighted by molar-refractivity contribution is 6.50. The Hall–Kier alpha value is -2.62. The van der Waals surface area contributed by atoms with Gasteiger partial charge in [-0.2, -0.15) is 0 Å². The van der Waals surface area contributed by atoms with Crippen LogP contribution in [0.2, 0.25) is 0 Å². The van der Waals surface area contributed by atoms with Gasteiger partial charge < -0.3 is 11.5 Å². The van der Waals surface area contributed by atoms with Crippen LogP contribution < -0.4 is 11.5 Å². The number of aryl methyl sites for hydroxylation is 2. The van der Waals surface area contributed by atoms with Gasteiger partial charge in [-0.15, -0.1) is 0 Å². The van der Waals surface area contributed by atoms with Crippen LogP contribution in [0.1, 0.15) is 45.7 Å². The second kappa shape index (κ2) is 6.43. The summed E-state index contributed by atoms with van der Waals surface area (Å²) in [5.41, 5.74) is 14.7. The Morgan fingerprint density at radius 1 is 0.773 bits per heavy atom. The third-order valence-corrected chi connectivity index (χ3v) is 3.75. The van der Waals surface area contributed by atoms with E-state index >= 15 is 0 Å². The first-order valence-corrected chi connectivity index (χ1v) is 7.33. The maximum atomic E-state index is 12.5. The molecule has 2 aromatic rings. The average Bonchev–Trinajstić information content (AvgIpc) is 2.54. The van der Waals surface area contributed by atoms with Crippen LogP contribution in [0, 0.1) is 0 Å². The molecule has 0 saturated heterocycles. The summed E-state index contributed by atoms with van der Waals surface area (Å²) in [5, 5.41) is 0. The minimum atomic E-state index is -0.618. The fourth-order valence-corrected chi connectivity index (χ4v) is 2.28. The number of carbonyl (C=O) groups is 2. The van der Waals surface area contributed by atoms with E-state index in [1.54, 1.807) is 24.3 Å². The number of Topliss-reactive ketones (excluding diaryl/α,β-unsaturated/α-hetero) is 2. The van der Waals surface area contributed by atoms with Crippen molar-refractivity contribution in [2.45, 2.75) is 26.7 Å². The summed E-state index contributed by atoms with van der Waals surface area (Å²) >= 11 is 0. The zero-order chi connectivity index (χ0) is 16.3. The molecule has 2 rings (SSSR count). The Morgan fingerprint density at radius 3 is 1.45 bits per heavy atom. The summed E-state index contributed by atoms with van der Waals surface area (Å²) < 4.78 is 0. The molecule has 22 heavy (non-hydrogen) atoms. The smallest absolute Gasteiger partial charge is 0.235 e. The van der Waals surface area contributed by atoms with Crippen LogP contribution in [0.4, 0.5) is 11.4 Å². The molecule has 0 fully saturated rings. The van der Waals surface area contributed by atoms with E-state index in [1.807, 2.05) is 26.0 Å². The lowest BCUT2D eigenvalue weighted by atomic mass is 9.95. The molecule has 0 unspecified atom stereocenters. The van der Waals surface area contributed by atoms with Crippen molar-refractivity contribution >= 4 is 22.9 Å². The van der Waals surface area contributed by atoms with Crippen LogP contribution in [0.5, 0.6) is 0 Å². The Balaban J connectivity index is 2.43. The van der Waals surface area contributed by atoms with Crippen LogP contribution in [0.25, 0.3) is 0 Å². The number of anilines is 2. The molecule has 4 N–H and O–H groups in total. The summed E-state index contributed by atoms with van der Waals surface area (Å²) in [6.07, 6.45) is 1.53. The monoisotopic (exact) mass is 296 g/mol. The van der Waals surface area contributed by atoms with Crippen LogP contribution in [0.3, 0.4) is 0 Å². The molecule has 0 aliphatic carbocycles. The zero-order valence-electron chi connectivity index (χ0n) is 12.8. The van der Waals surface area contributed by atoms with Gasteiger partial charge in [-0.25, -0.2) is 0 Å². The molecule has 0 saturated carbocycles. The van der Waals surface area contributed by atoms with Gasteiger partial charge in [0, 0.05) is 22.5 Å². The van der Waals surface area contributed by atoms with Gasteiger partial charge in [-0.3, -0.25) is 9.59 Å². The molecule has 4 nitrogen and oxygen atoms in total. The quantitative estimate of drug-likeness (QED) is 0.504. The van der Waals surface area contributed by atoms with Crippen molar-refractivity contribution in [1.29, 1.82) is 0 Å². The van der Waals surface area contributed by atoms with Crippen molar-refractivity contribution in [3.05, 3.63) is 58.7 Å². The fraction of sp³-hybridized carbons (Fsp3) is 0.222. The maximum absolute atomic E-state index is 12.5. The molecule has 0 atom stereocenters. The summed E-state index contributed by atoms with van der Waals surface area (Å²) in [6, 6.07) is 10.4. The largest absolute Gasteiger partial charge is 0.398 e. The van der Waals surface area contributed by atoms with Crippen LogP contribution in [-0.2, 0) is 12.8 Å². The number of hydrogen-bond donors (Lipinski definition) is 2. The number of hydrogen-bond acceptors (Lipinski definition) is 4. The molecule has 0 aliphatic heterocycles. The van der Waals surface area contributed by atoms with E-state index in [-0.39, 0.29) is 11.1 Å². The Kier molecular flexibility index (Phi) is 4.61. The summed E-state index contributed by atoms with van der Waals surface area (Å²) in [6.45, 7) is 3.95. The van der Waals surface area contributed by atoms with Crippen molar-refractivity contribution in [2.75, 3.05) is 11.5 Å². The number of nitrogens with two attached hydrogens (primary N) is 2. The molecule has 2 aromatic carbocycles. The molecule has 4 heteroatoms. The normalized spacial score (nSPS) is 10.5. The lowest BCUT2D eigenvalue weighted by Crippen LogP contribution is -2.18. The van der Waals surface area contributed by atoms with Crippen LogP contribution >= 0.6 is 0 Å². The number of rotatable bonds is 5. The molecule has 0 amide bonds. The van der Waals surface area contributed by atoms with Gasteiger partial charge in [0.2, 0.25) is 11.6 Å². The SMILES string of the molecule is CCc1ccc(N)c(C(=O)C(=O)c2cc(CC)ccc2N)c1. The van der Waals surface area contributed by atoms with Crippen molar-refractivity contribution in [3.63, 3.8) is 0 Å². The van der Waals surface area contributed by atoms with E-state index in [4.69, 9.17) is 11.5 Å². The number of nitrogen functional groups attached to an aromatic ring is 2. The van der Waals surface area contributed by atoms with Gasteiger partial charge in [0.15, 0.2) is 0 Å². The molecule has 0 heterocycles. The highest BCUT2D eigenvalue weighted by Crippen LogP contribution is 2.21. The van der Waals surface area contributed by atoms with E-state index < -0.39 is 11.6 Å². The minimum absolute atomic E-state index is 0.241. The molecule has 0 radical (unpaired) electrons. The fourth-order valence-electron chi connectivity index (χ4n) is 2.28.